The van der Waals surface area contributed by atoms with E-state index in [0.29, 0.717) is 29.9 Å². The van der Waals surface area contributed by atoms with Crippen LogP contribution in [0.3, 0.4) is 0 Å². The van der Waals surface area contributed by atoms with Gasteiger partial charge in [-0.25, -0.2) is 17.9 Å². The van der Waals surface area contributed by atoms with Crippen molar-refractivity contribution in [2.24, 2.45) is 0 Å². The van der Waals surface area contributed by atoms with Gasteiger partial charge in [-0.1, -0.05) is 75.4 Å². The van der Waals surface area contributed by atoms with E-state index in [1.807, 2.05) is 105 Å². The molecular formula is C41H46N8O6S. The van der Waals surface area contributed by atoms with Gasteiger partial charge in [0.05, 0.1) is 53.7 Å². The Bertz CT molecular complexity index is 2360. The fraction of sp³-hybridized carbons (Fsp3) is 0.244. The zero-order valence-corrected chi connectivity index (χ0v) is 33.0. The van der Waals surface area contributed by atoms with Gasteiger partial charge in [0.25, 0.3) is 5.91 Å². The van der Waals surface area contributed by atoms with Crippen LogP contribution in [0.4, 0.5) is 21.9 Å². The van der Waals surface area contributed by atoms with Crippen molar-refractivity contribution in [3.8, 4) is 11.4 Å². The molecule has 0 unspecified atom stereocenters. The molecule has 6 rings (SSSR count). The summed E-state index contributed by atoms with van der Waals surface area (Å²) < 4.78 is 39.8. The van der Waals surface area contributed by atoms with E-state index in [-0.39, 0.29) is 23.5 Å². The van der Waals surface area contributed by atoms with Gasteiger partial charge in [0.15, 0.2) is 5.75 Å². The molecule has 0 saturated heterocycles. The molecule has 2 amide bonds. The monoisotopic (exact) mass is 778 g/mol. The van der Waals surface area contributed by atoms with Crippen LogP contribution in [0.25, 0.3) is 11.4 Å². The lowest BCUT2D eigenvalue weighted by atomic mass is 9.86. The zero-order chi connectivity index (χ0) is 40.0. The molecule has 0 fully saturated rings. The Morgan fingerprint density at radius 3 is 2.30 bits per heavy atom. The first-order valence-electron chi connectivity index (χ1n) is 17.9. The van der Waals surface area contributed by atoms with E-state index < -0.39 is 22.0 Å². The molecule has 0 atom stereocenters. The van der Waals surface area contributed by atoms with E-state index >= 15 is 0 Å². The van der Waals surface area contributed by atoms with Crippen molar-refractivity contribution >= 4 is 44.8 Å². The van der Waals surface area contributed by atoms with Crippen LogP contribution in [0.2, 0.25) is 0 Å². The number of para-hydroxylation sites is 1. The van der Waals surface area contributed by atoms with Crippen molar-refractivity contribution in [2.45, 2.75) is 46.1 Å². The average molecular weight is 779 g/mol. The first-order chi connectivity index (χ1) is 26.7. The lowest BCUT2D eigenvalue weighted by molar-refractivity contribution is 0.102. The van der Waals surface area contributed by atoms with Gasteiger partial charge >= 0.3 is 6.09 Å². The summed E-state index contributed by atoms with van der Waals surface area (Å²) in [5.74, 6) is -0.230. The Balaban J connectivity index is 1.23. The number of methoxy groups -OCH3 is 1. The van der Waals surface area contributed by atoms with Crippen LogP contribution in [-0.2, 0) is 33.2 Å². The Hall–Kier alpha value is -6.32. The van der Waals surface area contributed by atoms with E-state index in [1.54, 1.807) is 35.5 Å². The molecule has 56 heavy (non-hydrogen) atoms. The number of nitrogens with one attached hydrogen (secondary N) is 5. The number of aromatic nitrogens is 2. The van der Waals surface area contributed by atoms with Crippen molar-refractivity contribution in [1.29, 1.82) is 0 Å². The molecule has 1 aliphatic rings. The van der Waals surface area contributed by atoms with Crippen LogP contribution in [0.15, 0.2) is 103 Å². The molecule has 292 valence electrons. The predicted octanol–water partition coefficient (Wildman–Crippen LogP) is 6.41. The number of carbonyl (C=O) groups excluding carboxylic acids is 2. The minimum absolute atomic E-state index is 0.169. The topological polar surface area (TPSA) is 168 Å². The molecule has 1 aromatic heterocycles. The van der Waals surface area contributed by atoms with E-state index in [1.165, 1.54) is 7.11 Å². The molecule has 1 aliphatic heterocycles. The van der Waals surface area contributed by atoms with Gasteiger partial charge in [-0.15, -0.1) is 5.53 Å². The molecule has 14 nitrogen and oxygen atoms in total. The third kappa shape index (κ3) is 9.48. The van der Waals surface area contributed by atoms with Gasteiger partial charge < -0.3 is 25.5 Å². The smallest absolute Gasteiger partial charge is 0.407 e. The number of amides is 2. The van der Waals surface area contributed by atoms with Crippen molar-refractivity contribution in [3.63, 3.8) is 0 Å². The average Bonchev–Trinajstić information content (AvgIpc) is 3.81. The summed E-state index contributed by atoms with van der Waals surface area (Å²) in [6.07, 6.45) is 4.63. The number of aryl methyl sites for hydroxylation is 1. The number of hydrogen-bond donors (Lipinski definition) is 5. The van der Waals surface area contributed by atoms with Crippen LogP contribution >= 0.6 is 0 Å². The zero-order valence-electron chi connectivity index (χ0n) is 32.1. The van der Waals surface area contributed by atoms with Crippen molar-refractivity contribution in [2.75, 3.05) is 35.0 Å². The van der Waals surface area contributed by atoms with E-state index in [2.05, 4.69) is 26.3 Å². The number of ether oxygens (including phenoxy) is 2. The first-order valence-corrected chi connectivity index (χ1v) is 19.8. The summed E-state index contributed by atoms with van der Waals surface area (Å²) in [5, 5.41) is 12.3. The molecule has 2 heterocycles. The largest absolute Gasteiger partial charge is 0.492 e. The van der Waals surface area contributed by atoms with Crippen molar-refractivity contribution in [1.82, 2.24) is 26.1 Å². The lowest BCUT2D eigenvalue weighted by Crippen LogP contribution is -2.36. The first kappa shape index (κ1) is 39.4. The van der Waals surface area contributed by atoms with Crippen molar-refractivity contribution < 1.29 is 27.5 Å². The molecule has 0 bridgehead atoms. The number of hydrogen-bond acceptors (Lipinski definition) is 10. The van der Waals surface area contributed by atoms with Crippen LogP contribution in [-0.4, -0.2) is 50.1 Å². The predicted molar refractivity (Wildman–Crippen MR) is 218 cm³/mol. The van der Waals surface area contributed by atoms with Gasteiger partial charge in [-0.2, -0.15) is 5.10 Å². The van der Waals surface area contributed by atoms with Crippen molar-refractivity contribution in [3.05, 3.63) is 137 Å². The Morgan fingerprint density at radius 2 is 1.62 bits per heavy atom. The highest BCUT2D eigenvalue weighted by Crippen LogP contribution is 2.39. The quantitative estimate of drug-likeness (QED) is 0.0902. The summed E-state index contributed by atoms with van der Waals surface area (Å²) in [5.41, 5.74) is 13.5. The molecule has 0 aliphatic carbocycles. The molecule has 0 saturated carbocycles. The van der Waals surface area contributed by atoms with E-state index in [4.69, 9.17) is 14.6 Å². The van der Waals surface area contributed by atoms with Gasteiger partial charge in [0.1, 0.15) is 6.61 Å². The highest BCUT2D eigenvalue weighted by Gasteiger charge is 2.25. The molecule has 4 aromatic carbocycles. The molecule has 15 heteroatoms. The highest BCUT2D eigenvalue weighted by atomic mass is 32.2. The minimum atomic E-state index is -3.64. The van der Waals surface area contributed by atoms with Gasteiger partial charge in [-0.3, -0.25) is 14.5 Å². The maximum atomic E-state index is 13.8. The SMILES string of the molecule is COc1c(NC(=O)c2ccc(C)c(N3C=C(c4cnn(-c5ccccc5)c4CCNC(=O)OCc4ccccc4)NN3)c2)cc(C(C)(C)C)cc1NS(C)(=O)=O. The number of nitrogens with zero attached hydrogens (tertiary/aromatic N) is 3. The molecule has 0 radical (unpaired) electrons. The van der Waals surface area contributed by atoms with E-state index in [9.17, 15) is 18.0 Å². The number of rotatable bonds is 13. The number of anilines is 3. The number of carbonyl (C=O) groups is 2. The van der Waals surface area contributed by atoms with Gasteiger partial charge in [0.2, 0.25) is 10.0 Å². The number of hydrazine groups is 2. The number of alkyl carbamates (subject to hydrolysis) is 1. The maximum absolute atomic E-state index is 13.8. The molecule has 0 spiro atoms. The van der Waals surface area contributed by atoms with Gasteiger partial charge in [-0.05, 0) is 65.4 Å². The second-order valence-electron chi connectivity index (χ2n) is 14.3. The number of sulfonamides is 1. The Morgan fingerprint density at radius 1 is 0.929 bits per heavy atom. The van der Waals surface area contributed by atoms with Crippen LogP contribution in [0.1, 0.15) is 59.1 Å². The van der Waals surface area contributed by atoms with Crippen LogP contribution in [0, 0.1) is 6.92 Å². The summed E-state index contributed by atoms with van der Waals surface area (Å²) in [7, 11) is -2.22. The molecular weight excluding hydrogens is 733 g/mol. The second-order valence-corrected chi connectivity index (χ2v) is 16.1. The van der Waals surface area contributed by atoms with Crippen LogP contribution in [0.5, 0.6) is 5.75 Å². The summed E-state index contributed by atoms with van der Waals surface area (Å²) in [6.45, 7) is 8.38. The second kappa shape index (κ2) is 16.6. The summed E-state index contributed by atoms with van der Waals surface area (Å²) in [6, 6.07) is 28.0. The Labute approximate surface area is 326 Å². The fourth-order valence-corrected chi connectivity index (χ4v) is 6.67. The minimum Gasteiger partial charge on any atom is -0.492 e. The third-order valence-corrected chi connectivity index (χ3v) is 9.60. The molecule has 5 N–H and O–H groups in total. The normalized spacial score (nSPS) is 12.8. The molecule has 5 aromatic rings. The fourth-order valence-electron chi connectivity index (χ4n) is 6.12. The lowest BCUT2D eigenvalue weighted by Gasteiger charge is -2.24. The summed E-state index contributed by atoms with van der Waals surface area (Å²) in [4.78, 5) is 26.4. The maximum Gasteiger partial charge on any atom is 0.407 e. The summed E-state index contributed by atoms with van der Waals surface area (Å²) >= 11 is 0. The van der Waals surface area contributed by atoms with E-state index in [0.717, 1.165) is 45.6 Å². The van der Waals surface area contributed by atoms with Gasteiger partial charge in [0, 0.05) is 30.3 Å². The third-order valence-electron chi connectivity index (χ3n) is 9.01. The highest BCUT2D eigenvalue weighted by molar-refractivity contribution is 7.92. The number of benzene rings is 4. The Kier molecular flexibility index (Phi) is 11.7. The van der Waals surface area contributed by atoms with Crippen LogP contribution < -0.4 is 36.1 Å². The standard InChI is InChI=1S/C41H46N8O6S/c1-27-17-18-29(39(50)44-33-22-30(41(2,3)4)23-34(38(33)54-5)46-56(6,52)53)21-37(27)48-25-35(45-47-48)32-24-43-49(31-15-11-8-12-16-31)36(32)19-20-42-40(51)55-26-28-13-9-7-10-14-28/h7-18,21-25,45-47H,19-20,26H2,1-6H3,(H,42,51)(H,44,50).